The predicted octanol–water partition coefficient (Wildman–Crippen LogP) is 0.768. The van der Waals surface area contributed by atoms with Crippen LogP contribution in [0.4, 0.5) is 0 Å². The van der Waals surface area contributed by atoms with Gasteiger partial charge in [-0.3, -0.25) is 9.59 Å². The van der Waals surface area contributed by atoms with Crippen molar-refractivity contribution in [2.24, 2.45) is 11.8 Å². The van der Waals surface area contributed by atoms with E-state index < -0.39 is 0 Å². The fraction of sp³-hybridized carbons (Fsp3) is 0.857. The first-order valence-electron chi connectivity index (χ1n) is 7.12. The molecule has 0 saturated carbocycles. The Kier molecular flexibility index (Phi) is 6.28. The molecule has 0 radical (unpaired) electrons. The maximum Gasteiger partial charge on any atom is 0.241 e. The van der Waals surface area contributed by atoms with Crippen molar-refractivity contribution < 1.29 is 14.7 Å². The van der Waals surface area contributed by atoms with Gasteiger partial charge in [0.05, 0.1) is 12.6 Å². The van der Waals surface area contributed by atoms with Crippen LogP contribution in [0.15, 0.2) is 0 Å². The smallest absolute Gasteiger partial charge is 0.241 e. The maximum absolute atomic E-state index is 11.9. The molecule has 2 atom stereocenters. The van der Waals surface area contributed by atoms with Gasteiger partial charge >= 0.3 is 0 Å². The Hall–Kier alpha value is -1.10. The second-order valence-corrected chi connectivity index (χ2v) is 5.84. The van der Waals surface area contributed by atoms with E-state index in [0.29, 0.717) is 25.4 Å². The summed E-state index contributed by atoms with van der Waals surface area (Å²) < 4.78 is 0. The van der Waals surface area contributed by atoms with Crippen LogP contribution >= 0.6 is 0 Å². The number of hydrogen-bond donors (Lipinski definition) is 2. The van der Waals surface area contributed by atoms with Crippen LogP contribution in [0.3, 0.4) is 0 Å². The first-order chi connectivity index (χ1) is 8.90. The van der Waals surface area contributed by atoms with Crippen molar-refractivity contribution in [1.29, 1.82) is 0 Å². The van der Waals surface area contributed by atoms with Crippen LogP contribution in [0.1, 0.15) is 40.0 Å². The Balaban J connectivity index is 2.23. The molecule has 110 valence electrons. The second-order valence-electron chi connectivity index (χ2n) is 5.84. The van der Waals surface area contributed by atoms with E-state index in [2.05, 4.69) is 19.2 Å². The number of nitrogens with zero attached hydrogens (tertiary/aromatic N) is 1. The van der Waals surface area contributed by atoms with Crippen LogP contribution in [0.25, 0.3) is 0 Å². The van der Waals surface area contributed by atoms with Crippen LogP contribution in [0.2, 0.25) is 0 Å². The molecule has 5 nitrogen and oxygen atoms in total. The van der Waals surface area contributed by atoms with E-state index in [9.17, 15) is 14.7 Å². The molecule has 1 fully saturated rings. The third kappa shape index (κ3) is 5.59. The highest BCUT2D eigenvalue weighted by atomic mass is 16.3. The zero-order valence-electron chi connectivity index (χ0n) is 12.2. The Labute approximate surface area is 115 Å². The van der Waals surface area contributed by atoms with Gasteiger partial charge in [0.1, 0.15) is 0 Å². The average Bonchev–Trinajstić information content (AvgIpc) is 2.83. The van der Waals surface area contributed by atoms with Crippen molar-refractivity contribution in [3.63, 3.8) is 0 Å². The molecule has 0 aromatic rings. The standard InChI is InChI=1S/C14H26N2O3/c1-10(2)4-5-13(18)15-8-14(19)16-7-6-12(9-16)11(3)17/h10-12,17H,4-9H2,1-3H3,(H,15,18). The minimum Gasteiger partial charge on any atom is -0.393 e. The van der Waals surface area contributed by atoms with Crippen molar-refractivity contribution >= 4 is 11.8 Å². The first kappa shape index (κ1) is 16.0. The molecule has 1 aliphatic rings. The number of carbonyl (C=O) groups is 2. The summed E-state index contributed by atoms with van der Waals surface area (Å²) in [5, 5.41) is 12.2. The highest BCUT2D eigenvalue weighted by Gasteiger charge is 2.28. The predicted molar refractivity (Wildman–Crippen MR) is 73.4 cm³/mol. The van der Waals surface area contributed by atoms with Gasteiger partial charge in [0.15, 0.2) is 0 Å². The van der Waals surface area contributed by atoms with Gasteiger partial charge in [0.25, 0.3) is 0 Å². The molecule has 2 amide bonds. The van der Waals surface area contributed by atoms with Crippen LogP contribution < -0.4 is 5.32 Å². The summed E-state index contributed by atoms with van der Waals surface area (Å²) in [6.45, 7) is 7.24. The molecule has 5 heteroatoms. The molecule has 2 unspecified atom stereocenters. The van der Waals surface area contributed by atoms with E-state index in [-0.39, 0.29) is 30.4 Å². The van der Waals surface area contributed by atoms with Gasteiger partial charge < -0.3 is 15.3 Å². The van der Waals surface area contributed by atoms with Gasteiger partial charge in [0, 0.05) is 25.4 Å². The number of hydrogen-bond acceptors (Lipinski definition) is 3. The van der Waals surface area contributed by atoms with Gasteiger partial charge in [0.2, 0.25) is 11.8 Å². The molecule has 0 aromatic heterocycles. The lowest BCUT2D eigenvalue weighted by Gasteiger charge is -2.18. The third-order valence-electron chi connectivity index (χ3n) is 3.65. The number of rotatable bonds is 6. The van der Waals surface area contributed by atoms with Crippen LogP contribution in [-0.2, 0) is 9.59 Å². The van der Waals surface area contributed by atoms with E-state index in [1.54, 1.807) is 11.8 Å². The Morgan fingerprint density at radius 1 is 1.37 bits per heavy atom. The zero-order chi connectivity index (χ0) is 14.4. The van der Waals surface area contributed by atoms with Crippen molar-refractivity contribution in [3.05, 3.63) is 0 Å². The van der Waals surface area contributed by atoms with Crippen LogP contribution in [-0.4, -0.2) is 47.6 Å². The Morgan fingerprint density at radius 2 is 2.05 bits per heavy atom. The molecule has 0 aliphatic carbocycles. The average molecular weight is 270 g/mol. The third-order valence-corrected chi connectivity index (χ3v) is 3.65. The highest BCUT2D eigenvalue weighted by Crippen LogP contribution is 2.19. The second kappa shape index (κ2) is 7.48. The van der Waals surface area contributed by atoms with Gasteiger partial charge in [-0.05, 0) is 25.7 Å². The van der Waals surface area contributed by atoms with E-state index in [1.807, 2.05) is 0 Å². The molecule has 1 aliphatic heterocycles. The molecule has 1 saturated heterocycles. The quantitative estimate of drug-likeness (QED) is 0.749. The fourth-order valence-electron chi connectivity index (χ4n) is 2.20. The summed E-state index contributed by atoms with van der Waals surface area (Å²) in [6, 6.07) is 0. The van der Waals surface area contributed by atoms with Crippen molar-refractivity contribution in [2.45, 2.75) is 46.1 Å². The highest BCUT2D eigenvalue weighted by molar-refractivity contribution is 5.84. The van der Waals surface area contributed by atoms with Gasteiger partial charge in [-0.15, -0.1) is 0 Å². The molecule has 0 bridgehead atoms. The van der Waals surface area contributed by atoms with Gasteiger partial charge in [-0.1, -0.05) is 13.8 Å². The molecular formula is C14H26N2O3. The monoisotopic (exact) mass is 270 g/mol. The maximum atomic E-state index is 11.9. The summed E-state index contributed by atoms with van der Waals surface area (Å²) in [6.07, 6.45) is 1.78. The zero-order valence-corrected chi connectivity index (χ0v) is 12.2. The van der Waals surface area contributed by atoms with Crippen LogP contribution in [0.5, 0.6) is 0 Å². The number of nitrogens with one attached hydrogen (secondary N) is 1. The van der Waals surface area contributed by atoms with Crippen molar-refractivity contribution in [1.82, 2.24) is 10.2 Å². The van der Waals surface area contributed by atoms with Crippen molar-refractivity contribution in [3.8, 4) is 0 Å². The number of likely N-dealkylation sites (tertiary alicyclic amines) is 1. The number of amides is 2. The molecule has 1 rings (SSSR count). The Morgan fingerprint density at radius 3 is 2.58 bits per heavy atom. The fourth-order valence-corrected chi connectivity index (χ4v) is 2.20. The van der Waals surface area contributed by atoms with E-state index in [0.717, 1.165) is 12.8 Å². The molecule has 2 N–H and O–H groups in total. The van der Waals surface area contributed by atoms with E-state index >= 15 is 0 Å². The molecule has 0 spiro atoms. The SMILES string of the molecule is CC(C)CCC(=O)NCC(=O)N1CCC(C(C)O)C1. The van der Waals surface area contributed by atoms with E-state index in [1.165, 1.54) is 0 Å². The number of aliphatic hydroxyl groups is 1. The number of carbonyl (C=O) groups excluding carboxylic acids is 2. The first-order valence-corrected chi connectivity index (χ1v) is 7.12. The largest absolute Gasteiger partial charge is 0.393 e. The number of aliphatic hydroxyl groups excluding tert-OH is 1. The lowest BCUT2D eigenvalue weighted by atomic mass is 10.0. The minimum atomic E-state index is -0.376. The lowest BCUT2D eigenvalue weighted by molar-refractivity contribution is -0.132. The summed E-state index contributed by atoms with van der Waals surface area (Å²) in [5.41, 5.74) is 0. The lowest BCUT2D eigenvalue weighted by Crippen LogP contribution is -2.39. The minimum absolute atomic E-state index is 0.0546. The summed E-state index contributed by atoms with van der Waals surface area (Å²) in [4.78, 5) is 25.1. The topological polar surface area (TPSA) is 69.6 Å². The molecular weight excluding hydrogens is 244 g/mol. The van der Waals surface area contributed by atoms with Gasteiger partial charge in [-0.2, -0.15) is 0 Å². The molecule has 19 heavy (non-hydrogen) atoms. The molecule has 0 aromatic carbocycles. The van der Waals surface area contributed by atoms with Gasteiger partial charge in [-0.25, -0.2) is 0 Å². The summed E-state index contributed by atoms with van der Waals surface area (Å²) >= 11 is 0. The molecule has 1 heterocycles. The van der Waals surface area contributed by atoms with E-state index in [4.69, 9.17) is 0 Å². The normalized spacial score (nSPS) is 20.7. The van der Waals surface area contributed by atoms with Crippen LogP contribution in [0, 0.1) is 11.8 Å². The Bertz CT molecular complexity index is 316. The summed E-state index contributed by atoms with van der Waals surface area (Å²) in [7, 11) is 0. The summed E-state index contributed by atoms with van der Waals surface area (Å²) in [5.74, 6) is 0.543. The van der Waals surface area contributed by atoms with Crippen molar-refractivity contribution in [2.75, 3.05) is 19.6 Å².